The van der Waals surface area contributed by atoms with E-state index in [0.717, 1.165) is 6.42 Å². The lowest BCUT2D eigenvalue weighted by Gasteiger charge is -2.24. The molecule has 0 aromatic carbocycles. The molecule has 0 fully saturated rings. The standard InChI is InChI=1S/C15H27N3O2/c1-11(2)6-8-15(5,20)10-16-14(19)13-7-9-17-18(13)12(3)4/h7,9,11-12,20H,6,8,10H2,1-5H3,(H,16,19). The number of nitrogens with zero attached hydrogens (tertiary/aromatic N) is 2. The van der Waals surface area contributed by atoms with Crippen LogP contribution in [-0.4, -0.2) is 32.9 Å². The fourth-order valence-electron chi connectivity index (χ4n) is 1.95. The van der Waals surface area contributed by atoms with Crippen molar-refractivity contribution in [3.63, 3.8) is 0 Å². The van der Waals surface area contributed by atoms with Gasteiger partial charge in [-0.2, -0.15) is 5.10 Å². The molecule has 5 nitrogen and oxygen atoms in total. The van der Waals surface area contributed by atoms with Gasteiger partial charge in [0.15, 0.2) is 0 Å². The third kappa shape index (κ3) is 4.96. The van der Waals surface area contributed by atoms with Gasteiger partial charge >= 0.3 is 0 Å². The zero-order valence-electron chi connectivity index (χ0n) is 13.2. The van der Waals surface area contributed by atoms with Gasteiger partial charge in [-0.3, -0.25) is 9.48 Å². The summed E-state index contributed by atoms with van der Waals surface area (Å²) in [6.45, 7) is 10.2. The summed E-state index contributed by atoms with van der Waals surface area (Å²) in [5.74, 6) is 0.348. The summed E-state index contributed by atoms with van der Waals surface area (Å²) in [4.78, 5) is 12.1. The second kappa shape index (κ2) is 6.88. The van der Waals surface area contributed by atoms with Gasteiger partial charge in [-0.1, -0.05) is 13.8 Å². The minimum Gasteiger partial charge on any atom is -0.388 e. The second-order valence-corrected chi connectivity index (χ2v) is 6.37. The molecule has 0 aliphatic heterocycles. The van der Waals surface area contributed by atoms with Crippen LogP contribution in [0.25, 0.3) is 0 Å². The first-order valence-electron chi connectivity index (χ1n) is 7.27. The number of aliphatic hydroxyl groups is 1. The van der Waals surface area contributed by atoms with Crippen LogP contribution in [0.2, 0.25) is 0 Å². The molecule has 1 amide bonds. The van der Waals surface area contributed by atoms with E-state index in [1.54, 1.807) is 23.9 Å². The van der Waals surface area contributed by atoms with E-state index in [-0.39, 0.29) is 18.5 Å². The van der Waals surface area contributed by atoms with E-state index in [1.165, 1.54) is 0 Å². The summed E-state index contributed by atoms with van der Waals surface area (Å²) >= 11 is 0. The van der Waals surface area contributed by atoms with Crippen LogP contribution in [0, 0.1) is 5.92 Å². The Kier molecular flexibility index (Phi) is 5.74. The summed E-state index contributed by atoms with van der Waals surface area (Å²) in [6.07, 6.45) is 3.23. The molecule has 2 N–H and O–H groups in total. The van der Waals surface area contributed by atoms with Crippen LogP contribution in [0.1, 0.15) is 64.0 Å². The molecule has 5 heteroatoms. The van der Waals surface area contributed by atoms with Crippen molar-refractivity contribution >= 4 is 5.91 Å². The maximum absolute atomic E-state index is 12.1. The van der Waals surface area contributed by atoms with Crippen molar-refractivity contribution in [1.82, 2.24) is 15.1 Å². The molecular formula is C15H27N3O2. The average molecular weight is 281 g/mol. The summed E-state index contributed by atoms with van der Waals surface area (Å²) in [5.41, 5.74) is -0.345. The molecule has 1 aromatic heterocycles. The van der Waals surface area contributed by atoms with Gasteiger partial charge in [-0.15, -0.1) is 0 Å². The number of amides is 1. The van der Waals surface area contributed by atoms with Crippen LogP contribution in [0.5, 0.6) is 0 Å². The van der Waals surface area contributed by atoms with Gasteiger partial charge in [0.1, 0.15) is 5.69 Å². The third-order valence-electron chi connectivity index (χ3n) is 3.28. The number of nitrogens with one attached hydrogen (secondary N) is 1. The number of carbonyl (C=O) groups is 1. The van der Waals surface area contributed by atoms with E-state index in [2.05, 4.69) is 24.3 Å². The van der Waals surface area contributed by atoms with Crippen molar-refractivity contribution in [2.24, 2.45) is 5.92 Å². The zero-order valence-corrected chi connectivity index (χ0v) is 13.2. The normalized spacial score (nSPS) is 14.6. The lowest BCUT2D eigenvalue weighted by Crippen LogP contribution is -2.41. The minimum atomic E-state index is -0.872. The highest BCUT2D eigenvalue weighted by Gasteiger charge is 2.23. The van der Waals surface area contributed by atoms with Gasteiger partial charge in [-0.05, 0) is 45.6 Å². The SMILES string of the molecule is CC(C)CCC(C)(O)CNC(=O)c1ccnn1C(C)C. The monoisotopic (exact) mass is 281 g/mol. The maximum atomic E-state index is 12.1. The van der Waals surface area contributed by atoms with E-state index in [1.807, 2.05) is 13.8 Å². The molecular weight excluding hydrogens is 254 g/mol. The van der Waals surface area contributed by atoms with Crippen molar-refractivity contribution < 1.29 is 9.90 Å². The summed E-state index contributed by atoms with van der Waals surface area (Å²) in [7, 11) is 0. The summed E-state index contributed by atoms with van der Waals surface area (Å²) in [6, 6.07) is 1.82. The Labute approximate surface area is 121 Å². The average Bonchev–Trinajstić information content (AvgIpc) is 2.83. The smallest absolute Gasteiger partial charge is 0.269 e. The lowest BCUT2D eigenvalue weighted by molar-refractivity contribution is 0.0427. The lowest BCUT2D eigenvalue weighted by atomic mass is 9.95. The van der Waals surface area contributed by atoms with Gasteiger partial charge in [0, 0.05) is 18.8 Å². The predicted octanol–water partition coefficient (Wildman–Crippen LogP) is 2.38. The fourth-order valence-corrected chi connectivity index (χ4v) is 1.95. The molecule has 1 unspecified atom stereocenters. The van der Waals surface area contributed by atoms with Crippen LogP contribution in [0.15, 0.2) is 12.3 Å². The molecule has 20 heavy (non-hydrogen) atoms. The van der Waals surface area contributed by atoms with E-state index < -0.39 is 5.60 Å². The Bertz CT molecular complexity index is 436. The van der Waals surface area contributed by atoms with Crippen LogP contribution in [-0.2, 0) is 0 Å². The largest absolute Gasteiger partial charge is 0.388 e. The number of hydrogen-bond acceptors (Lipinski definition) is 3. The minimum absolute atomic E-state index is 0.132. The van der Waals surface area contributed by atoms with Crippen LogP contribution in [0.3, 0.4) is 0 Å². The number of hydrogen-bond donors (Lipinski definition) is 2. The maximum Gasteiger partial charge on any atom is 0.269 e. The van der Waals surface area contributed by atoms with Crippen molar-refractivity contribution in [2.75, 3.05) is 6.54 Å². The number of carbonyl (C=O) groups excluding carboxylic acids is 1. The third-order valence-corrected chi connectivity index (χ3v) is 3.28. The van der Waals surface area contributed by atoms with E-state index in [9.17, 15) is 9.90 Å². The first-order valence-corrected chi connectivity index (χ1v) is 7.27. The Morgan fingerprint density at radius 1 is 1.45 bits per heavy atom. The first-order chi connectivity index (χ1) is 9.23. The predicted molar refractivity (Wildman–Crippen MR) is 79.6 cm³/mol. The van der Waals surface area contributed by atoms with Gasteiger partial charge in [0.2, 0.25) is 0 Å². The molecule has 1 atom stereocenters. The van der Waals surface area contributed by atoms with Crippen molar-refractivity contribution in [1.29, 1.82) is 0 Å². The first kappa shape index (κ1) is 16.7. The Balaban J connectivity index is 2.56. The van der Waals surface area contributed by atoms with Gasteiger partial charge < -0.3 is 10.4 Å². The highest BCUT2D eigenvalue weighted by Crippen LogP contribution is 2.16. The molecule has 1 heterocycles. The van der Waals surface area contributed by atoms with Crippen LogP contribution >= 0.6 is 0 Å². The Morgan fingerprint density at radius 3 is 2.65 bits per heavy atom. The Morgan fingerprint density at radius 2 is 2.10 bits per heavy atom. The van der Waals surface area contributed by atoms with Crippen molar-refractivity contribution in [2.45, 2.75) is 59.1 Å². The van der Waals surface area contributed by atoms with Gasteiger partial charge in [0.05, 0.1) is 5.60 Å². The van der Waals surface area contributed by atoms with E-state index in [0.29, 0.717) is 18.0 Å². The molecule has 0 bridgehead atoms. The molecule has 0 saturated carbocycles. The fraction of sp³-hybridized carbons (Fsp3) is 0.733. The zero-order chi connectivity index (χ0) is 15.3. The van der Waals surface area contributed by atoms with E-state index >= 15 is 0 Å². The van der Waals surface area contributed by atoms with Gasteiger partial charge in [-0.25, -0.2) is 0 Å². The van der Waals surface area contributed by atoms with Crippen molar-refractivity contribution in [3.05, 3.63) is 18.0 Å². The van der Waals surface area contributed by atoms with Crippen molar-refractivity contribution in [3.8, 4) is 0 Å². The molecule has 0 spiro atoms. The molecule has 0 radical (unpaired) electrons. The quantitative estimate of drug-likeness (QED) is 0.806. The number of rotatable bonds is 7. The molecule has 1 aromatic rings. The highest BCUT2D eigenvalue weighted by atomic mass is 16.3. The molecule has 0 saturated heterocycles. The van der Waals surface area contributed by atoms with Crippen LogP contribution in [0.4, 0.5) is 0 Å². The summed E-state index contributed by atoms with van der Waals surface area (Å²) < 4.78 is 1.68. The van der Waals surface area contributed by atoms with Gasteiger partial charge in [0.25, 0.3) is 5.91 Å². The highest BCUT2D eigenvalue weighted by molar-refractivity contribution is 5.92. The summed E-state index contributed by atoms with van der Waals surface area (Å²) in [5, 5.41) is 17.2. The Hall–Kier alpha value is -1.36. The molecule has 0 aliphatic carbocycles. The molecule has 0 aliphatic rings. The van der Waals surface area contributed by atoms with Crippen LogP contribution < -0.4 is 5.32 Å². The van der Waals surface area contributed by atoms with E-state index in [4.69, 9.17) is 0 Å². The molecule has 1 rings (SSSR count). The second-order valence-electron chi connectivity index (χ2n) is 6.37. The number of aromatic nitrogens is 2. The molecule has 114 valence electrons. The topological polar surface area (TPSA) is 67.2 Å².